The number of halogens is 3. The van der Waals surface area contributed by atoms with Gasteiger partial charge in [0.1, 0.15) is 0 Å². The first-order chi connectivity index (χ1) is 9.18. The molecule has 2 aromatic rings. The zero-order chi connectivity index (χ0) is 15.0. The Balaban J connectivity index is 2.43. The lowest BCUT2D eigenvalue weighted by Gasteiger charge is -2.09. The van der Waals surface area contributed by atoms with E-state index in [2.05, 4.69) is 0 Å². The Morgan fingerprint density at radius 2 is 1.50 bits per heavy atom. The zero-order valence-corrected chi connectivity index (χ0v) is 10.9. The average molecular weight is 301 g/mol. The van der Waals surface area contributed by atoms with E-state index in [9.17, 15) is 21.6 Å². The van der Waals surface area contributed by atoms with E-state index in [4.69, 9.17) is 5.14 Å². The lowest BCUT2D eigenvalue weighted by Crippen LogP contribution is -2.11. The smallest absolute Gasteiger partial charge is 0.225 e. The molecule has 0 aliphatic rings. The van der Waals surface area contributed by atoms with Crippen LogP contribution in [0.3, 0.4) is 0 Å². The first kappa shape index (κ1) is 14.5. The van der Waals surface area contributed by atoms with Crippen LogP contribution >= 0.6 is 0 Å². The number of hydrogen-bond acceptors (Lipinski definition) is 2. The largest absolute Gasteiger partial charge is 0.416 e. The number of alkyl halides is 3. The zero-order valence-electron chi connectivity index (χ0n) is 10.1. The Hall–Kier alpha value is -1.86. The quantitative estimate of drug-likeness (QED) is 0.927. The Labute approximate surface area is 113 Å². The topological polar surface area (TPSA) is 60.2 Å². The van der Waals surface area contributed by atoms with Crippen molar-refractivity contribution in [3.8, 4) is 11.1 Å². The van der Waals surface area contributed by atoms with E-state index in [1.54, 1.807) is 0 Å². The summed E-state index contributed by atoms with van der Waals surface area (Å²) in [6.07, 6.45) is -4.42. The van der Waals surface area contributed by atoms with Crippen LogP contribution in [-0.2, 0) is 16.2 Å². The monoisotopic (exact) mass is 301 g/mol. The Morgan fingerprint density at radius 1 is 0.900 bits per heavy atom. The predicted molar refractivity (Wildman–Crippen MR) is 68.3 cm³/mol. The highest BCUT2D eigenvalue weighted by Gasteiger charge is 2.30. The fourth-order valence-electron chi connectivity index (χ4n) is 1.71. The second-order valence-electron chi connectivity index (χ2n) is 4.15. The van der Waals surface area contributed by atoms with Crippen LogP contribution in [0.1, 0.15) is 5.56 Å². The molecule has 0 radical (unpaired) electrons. The van der Waals surface area contributed by atoms with Gasteiger partial charge in [-0.2, -0.15) is 13.2 Å². The van der Waals surface area contributed by atoms with Crippen LogP contribution in [0.5, 0.6) is 0 Å². The summed E-state index contributed by atoms with van der Waals surface area (Å²) in [5.41, 5.74) is 0.0646. The van der Waals surface area contributed by atoms with Crippen molar-refractivity contribution >= 4 is 10.0 Å². The molecule has 20 heavy (non-hydrogen) atoms. The normalized spacial score (nSPS) is 12.4. The molecule has 0 heterocycles. The van der Waals surface area contributed by atoms with Crippen LogP contribution < -0.4 is 5.14 Å². The summed E-state index contributed by atoms with van der Waals surface area (Å²) >= 11 is 0. The highest BCUT2D eigenvalue weighted by Crippen LogP contribution is 2.32. The van der Waals surface area contributed by atoms with Crippen LogP contribution in [0.4, 0.5) is 13.2 Å². The van der Waals surface area contributed by atoms with Crippen molar-refractivity contribution in [2.75, 3.05) is 0 Å². The van der Waals surface area contributed by atoms with Crippen molar-refractivity contribution in [1.82, 2.24) is 0 Å². The highest BCUT2D eigenvalue weighted by molar-refractivity contribution is 7.89. The fraction of sp³-hybridized carbons (Fsp3) is 0.0769. The highest BCUT2D eigenvalue weighted by atomic mass is 32.2. The number of hydrogen-bond donors (Lipinski definition) is 1. The second-order valence-corrected chi connectivity index (χ2v) is 5.71. The van der Waals surface area contributed by atoms with E-state index < -0.39 is 21.8 Å². The predicted octanol–water partition coefficient (Wildman–Crippen LogP) is 3.02. The molecule has 0 aliphatic carbocycles. The van der Waals surface area contributed by atoms with E-state index in [0.717, 1.165) is 12.1 Å². The molecule has 7 heteroatoms. The van der Waals surface area contributed by atoms with Crippen LogP contribution in [0.2, 0.25) is 0 Å². The third kappa shape index (κ3) is 3.17. The van der Waals surface area contributed by atoms with Gasteiger partial charge in [0, 0.05) is 0 Å². The van der Waals surface area contributed by atoms with Gasteiger partial charge < -0.3 is 0 Å². The van der Waals surface area contributed by atoms with Crippen LogP contribution in [0, 0.1) is 0 Å². The lowest BCUT2D eigenvalue weighted by molar-refractivity contribution is -0.137. The van der Waals surface area contributed by atoms with E-state index >= 15 is 0 Å². The molecular weight excluding hydrogens is 291 g/mol. The van der Waals surface area contributed by atoms with Gasteiger partial charge in [-0.15, -0.1) is 0 Å². The number of nitrogens with two attached hydrogens (primary N) is 1. The molecular formula is C13H10F3NO2S. The summed E-state index contributed by atoms with van der Waals surface area (Å²) in [6, 6.07) is 10.1. The SMILES string of the molecule is NS(=O)(=O)c1ccc(-c2cccc(C(F)(F)F)c2)cc1. The van der Waals surface area contributed by atoms with Crippen molar-refractivity contribution in [2.24, 2.45) is 5.14 Å². The van der Waals surface area contributed by atoms with Crippen molar-refractivity contribution in [3.05, 3.63) is 54.1 Å². The molecule has 0 bridgehead atoms. The maximum absolute atomic E-state index is 12.6. The summed E-state index contributed by atoms with van der Waals surface area (Å²) in [7, 11) is -3.81. The molecule has 0 spiro atoms. The molecule has 0 amide bonds. The molecule has 2 aromatic carbocycles. The Bertz CT molecular complexity index is 722. The van der Waals surface area contributed by atoms with Gasteiger partial charge in [-0.05, 0) is 35.4 Å². The third-order valence-electron chi connectivity index (χ3n) is 2.71. The fourth-order valence-corrected chi connectivity index (χ4v) is 2.23. The van der Waals surface area contributed by atoms with Gasteiger partial charge in [0.25, 0.3) is 0 Å². The maximum Gasteiger partial charge on any atom is 0.416 e. The molecule has 106 valence electrons. The summed E-state index contributed by atoms with van der Waals surface area (Å²) in [5.74, 6) is 0. The van der Waals surface area contributed by atoms with Gasteiger partial charge >= 0.3 is 6.18 Å². The minimum absolute atomic E-state index is 0.0896. The molecule has 0 saturated heterocycles. The van der Waals surface area contributed by atoms with Crippen molar-refractivity contribution < 1.29 is 21.6 Å². The second kappa shape index (κ2) is 4.92. The first-order valence-electron chi connectivity index (χ1n) is 5.48. The van der Waals surface area contributed by atoms with Crippen LogP contribution in [0.15, 0.2) is 53.4 Å². The van der Waals surface area contributed by atoms with Crippen molar-refractivity contribution in [3.63, 3.8) is 0 Å². The Morgan fingerprint density at radius 3 is 2.00 bits per heavy atom. The van der Waals surface area contributed by atoms with Gasteiger partial charge in [-0.3, -0.25) is 0 Å². The molecule has 2 N–H and O–H groups in total. The van der Waals surface area contributed by atoms with Crippen LogP contribution in [-0.4, -0.2) is 8.42 Å². The van der Waals surface area contributed by atoms with Gasteiger partial charge in [-0.25, -0.2) is 13.6 Å². The lowest BCUT2D eigenvalue weighted by atomic mass is 10.0. The van der Waals surface area contributed by atoms with E-state index in [1.807, 2.05) is 0 Å². The molecule has 2 rings (SSSR count). The minimum Gasteiger partial charge on any atom is -0.225 e. The van der Waals surface area contributed by atoms with E-state index in [0.29, 0.717) is 11.1 Å². The summed E-state index contributed by atoms with van der Waals surface area (Å²) < 4.78 is 60.0. The van der Waals surface area contributed by atoms with E-state index in [-0.39, 0.29) is 4.90 Å². The van der Waals surface area contributed by atoms with Gasteiger partial charge in [0.2, 0.25) is 10.0 Å². The molecule has 0 saturated carbocycles. The Kier molecular flexibility index (Phi) is 3.58. The molecule has 0 aromatic heterocycles. The van der Waals surface area contributed by atoms with Crippen molar-refractivity contribution in [1.29, 1.82) is 0 Å². The summed E-state index contributed by atoms with van der Waals surface area (Å²) in [5, 5.41) is 4.95. The molecule has 0 unspecified atom stereocenters. The maximum atomic E-state index is 12.6. The van der Waals surface area contributed by atoms with Gasteiger partial charge in [0.05, 0.1) is 10.5 Å². The summed E-state index contributed by atoms with van der Waals surface area (Å²) in [6.45, 7) is 0. The number of benzene rings is 2. The first-order valence-corrected chi connectivity index (χ1v) is 7.03. The van der Waals surface area contributed by atoms with Crippen LogP contribution in [0.25, 0.3) is 11.1 Å². The van der Waals surface area contributed by atoms with E-state index in [1.165, 1.54) is 36.4 Å². The molecule has 0 aliphatic heterocycles. The molecule has 0 fully saturated rings. The number of primary sulfonamides is 1. The summed E-state index contributed by atoms with van der Waals surface area (Å²) in [4.78, 5) is -0.0896. The standard InChI is InChI=1S/C13H10F3NO2S/c14-13(15,16)11-3-1-2-10(8-11)9-4-6-12(7-5-9)20(17,18)19/h1-8H,(H2,17,18,19). The van der Waals surface area contributed by atoms with Crippen molar-refractivity contribution in [2.45, 2.75) is 11.1 Å². The average Bonchev–Trinajstić information content (AvgIpc) is 2.37. The third-order valence-corrected chi connectivity index (χ3v) is 3.64. The van der Waals surface area contributed by atoms with Gasteiger partial charge in [0.15, 0.2) is 0 Å². The molecule has 0 atom stereocenters. The number of sulfonamides is 1. The molecule has 3 nitrogen and oxygen atoms in total. The van der Waals surface area contributed by atoms with Gasteiger partial charge in [-0.1, -0.05) is 24.3 Å². The number of rotatable bonds is 2. The minimum atomic E-state index is -4.42.